The molecule has 0 fully saturated rings. The lowest BCUT2D eigenvalue weighted by atomic mass is 10.1. The lowest BCUT2D eigenvalue weighted by Gasteiger charge is -2.11. The van der Waals surface area contributed by atoms with Gasteiger partial charge in [-0.15, -0.1) is 0 Å². The van der Waals surface area contributed by atoms with Crippen LogP contribution < -0.4 is 14.2 Å². The second-order valence-corrected chi connectivity index (χ2v) is 15.1. The number of rotatable bonds is 12. The van der Waals surface area contributed by atoms with Crippen molar-refractivity contribution in [2.75, 3.05) is 25.0 Å². The zero-order valence-electron chi connectivity index (χ0n) is 23.3. The molecular formula is C26H41Br3N2O6S2. The Morgan fingerprint density at radius 3 is 1.67 bits per heavy atom. The van der Waals surface area contributed by atoms with Gasteiger partial charge >= 0.3 is 0 Å². The molecule has 0 aliphatic heterocycles. The number of hydrogen-bond donors (Lipinski definition) is 3. The van der Waals surface area contributed by atoms with E-state index < -0.39 is 20.0 Å². The summed E-state index contributed by atoms with van der Waals surface area (Å²) in [5.74, 6) is 1.90. The van der Waals surface area contributed by atoms with E-state index in [2.05, 4.69) is 84.9 Å². The van der Waals surface area contributed by atoms with Crippen LogP contribution in [0.5, 0.6) is 11.5 Å². The number of alkyl halides is 1. The number of phenols is 1. The van der Waals surface area contributed by atoms with Gasteiger partial charge in [-0.3, -0.25) is 0 Å². The maximum absolute atomic E-state index is 12.0. The summed E-state index contributed by atoms with van der Waals surface area (Å²) < 4.78 is 58.4. The van der Waals surface area contributed by atoms with Crippen molar-refractivity contribution in [1.82, 2.24) is 9.44 Å². The summed E-state index contributed by atoms with van der Waals surface area (Å²) >= 11 is 9.71. The second kappa shape index (κ2) is 19.4. The molecule has 0 amide bonds. The summed E-state index contributed by atoms with van der Waals surface area (Å²) in [7, 11) is -7.00. The Morgan fingerprint density at radius 2 is 1.26 bits per heavy atom. The minimum Gasteiger partial charge on any atom is -0.508 e. The Bertz CT molecular complexity index is 1210. The van der Waals surface area contributed by atoms with Crippen LogP contribution in [-0.4, -0.2) is 47.0 Å². The highest BCUT2D eigenvalue weighted by atomic mass is 79.9. The Labute approximate surface area is 260 Å². The van der Waals surface area contributed by atoms with Crippen LogP contribution in [0.1, 0.15) is 54.4 Å². The maximum Gasteiger partial charge on any atom is 0.241 e. The van der Waals surface area contributed by atoms with Crippen LogP contribution in [0.25, 0.3) is 0 Å². The third-order valence-electron chi connectivity index (χ3n) is 4.72. The van der Waals surface area contributed by atoms with E-state index >= 15 is 0 Å². The summed E-state index contributed by atoms with van der Waals surface area (Å²) in [5, 5.41) is 10.3. The second-order valence-electron chi connectivity index (χ2n) is 9.11. The quantitative estimate of drug-likeness (QED) is 0.199. The number of benzene rings is 2. The van der Waals surface area contributed by atoms with Crippen LogP contribution in [-0.2, 0) is 20.0 Å². The lowest BCUT2D eigenvalue weighted by Crippen LogP contribution is -2.23. The molecule has 0 saturated carbocycles. The molecule has 0 aliphatic rings. The molecule has 0 bridgehead atoms. The standard InChI is InChI=1S/C13H20BrNO3S.C8H10BrNO3S.C5H11Br/c1-4-15-19(16,17)13-9-11(5-6-12(13)14)18-8-7-10(2)3;1-2-10-14(12,13)8-5-6(11)3-4-7(8)9;1-5(2)3-4-6/h5-6,9-10,15H,4,7-8H2,1-3H3;3-5,10-11H,2H2,1H3;5H,3-4H2,1-2H3. The van der Waals surface area contributed by atoms with E-state index in [1.165, 1.54) is 24.6 Å². The van der Waals surface area contributed by atoms with Crippen LogP contribution >= 0.6 is 47.8 Å². The smallest absolute Gasteiger partial charge is 0.241 e. The fraction of sp³-hybridized carbons (Fsp3) is 0.538. The molecule has 0 heterocycles. The van der Waals surface area contributed by atoms with Gasteiger partial charge in [-0.05, 0) is 80.8 Å². The molecule has 0 aliphatic carbocycles. The van der Waals surface area contributed by atoms with Gasteiger partial charge in [0, 0.05) is 39.5 Å². The van der Waals surface area contributed by atoms with E-state index in [4.69, 9.17) is 9.84 Å². The highest BCUT2D eigenvalue weighted by molar-refractivity contribution is 9.10. The minimum absolute atomic E-state index is 0.0411. The van der Waals surface area contributed by atoms with E-state index in [1.807, 2.05) is 0 Å². The van der Waals surface area contributed by atoms with Crippen LogP contribution in [0.15, 0.2) is 55.1 Å². The molecule has 0 atom stereocenters. The highest BCUT2D eigenvalue weighted by Gasteiger charge is 2.18. The van der Waals surface area contributed by atoms with E-state index in [0.717, 1.165) is 17.7 Å². The zero-order valence-corrected chi connectivity index (χ0v) is 29.7. The molecule has 8 nitrogen and oxygen atoms in total. The number of nitrogens with one attached hydrogen (secondary N) is 2. The SMILES string of the molecule is CC(C)CCBr.CCNS(=O)(=O)c1cc(O)ccc1Br.CCNS(=O)(=O)c1cc(OCCC(C)C)ccc1Br. The summed E-state index contributed by atoms with van der Waals surface area (Å²) in [6.07, 6.45) is 2.23. The summed E-state index contributed by atoms with van der Waals surface area (Å²) in [4.78, 5) is 0.246. The van der Waals surface area contributed by atoms with Gasteiger partial charge in [0.05, 0.1) is 16.4 Å². The molecular weight excluding hydrogens is 740 g/mol. The molecule has 2 aromatic carbocycles. The first-order valence-electron chi connectivity index (χ1n) is 12.6. The molecule has 39 heavy (non-hydrogen) atoms. The number of hydrogen-bond acceptors (Lipinski definition) is 6. The number of aromatic hydroxyl groups is 1. The summed E-state index contributed by atoms with van der Waals surface area (Å²) in [6, 6.07) is 9.09. The molecule has 0 radical (unpaired) electrons. The van der Waals surface area contributed by atoms with E-state index in [0.29, 0.717) is 40.3 Å². The Morgan fingerprint density at radius 1 is 0.795 bits per heavy atom. The van der Waals surface area contributed by atoms with Crippen molar-refractivity contribution < 1.29 is 26.7 Å². The fourth-order valence-corrected chi connectivity index (χ4v) is 7.60. The maximum atomic E-state index is 12.0. The first-order valence-corrected chi connectivity index (χ1v) is 18.2. The van der Waals surface area contributed by atoms with Gasteiger partial charge in [0.1, 0.15) is 11.5 Å². The molecule has 0 aromatic heterocycles. The molecule has 224 valence electrons. The Hall–Kier alpha value is -0.700. The van der Waals surface area contributed by atoms with E-state index in [-0.39, 0.29) is 15.5 Å². The van der Waals surface area contributed by atoms with Crippen LogP contribution in [0.3, 0.4) is 0 Å². The van der Waals surface area contributed by atoms with Crippen molar-refractivity contribution in [3.63, 3.8) is 0 Å². The monoisotopic (exact) mass is 778 g/mol. The van der Waals surface area contributed by atoms with Crippen LogP contribution in [0.2, 0.25) is 0 Å². The first kappa shape index (κ1) is 38.3. The number of ether oxygens (including phenoxy) is 1. The average Bonchev–Trinajstić information content (AvgIpc) is 2.82. The molecule has 13 heteroatoms. The first-order chi connectivity index (χ1) is 18.1. The van der Waals surface area contributed by atoms with Crippen molar-refractivity contribution >= 4 is 67.8 Å². The fourth-order valence-electron chi connectivity index (χ4n) is 2.64. The van der Waals surface area contributed by atoms with Crippen LogP contribution in [0.4, 0.5) is 0 Å². The zero-order chi connectivity index (χ0) is 30.2. The normalized spacial score (nSPS) is 11.5. The van der Waals surface area contributed by atoms with Gasteiger partial charge in [0.15, 0.2) is 0 Å². The van der Waals surface area contributed by atoms with Crippen molar-refractivity contribution in [2.24, 2.45) is 11.8 Å². The van der Waals surface area contributed by atoms with Crippen molar-refractivity contribution in [1.29, 1.82) is 0 Å². The van der Waals surface area contributed by atoms with Gasteiger partial charge in [0.2, 0.25) is 20.0 Å². The number of sulfonamides is 2. The predicted molar refractivity (Wildman–Crippen MR) is 170 cm³/mol. The van der Waals surface area contributed by atoms with Gasteiger partial charge in [-0.2, -0.15) is 0 Å². The summed E-state index contributed by atoms with van der Waals surface area (Å²) in [6.45, 7) is 13.4. The third kappa shape index (κ3) is 15.8. The number of phenolic OH excluding ortho intramolecular Hbond substituents is 1. The van der Waals surface area contributed by atoms with Crippen molar-refractivity contribution in [2.45, 2.75) is 64.2 Å². The molecule has 0 spiro atoms. The largest absolute Gasteiger partial charge is 0.508 e. The molecule has 2 aromatic rings. The molecule has 2 rings (SSSR count). The Balaban J connectivity index is 0.000000631. The highest BCUT2D eigenvalue weighted by Crippen LogP contribution is 2.27. The predicted octanol–water partition coefficient (Wildman–Crippen LogP) is 7.05. The number of halogens is 3. The Kier molecular flexibility index (Phi) is 19.1. The van der Waals surface area contributed by atoms with E-state index in [1.54, 1.807) is 32.0 Å². The van der Waals surface area contributed by atoms with Crippen molar-refractivity contribution in [3.8, 4) is 11.5 Å². The van der Waals surface area contributed by atoms with Gasteiger partial charge < -0.3 is 9.84 Å². The molecule has 0 saturated heterocycles. The van der Waals surface area contributed by atoms with Gasteiger partial charge in [-0.1, -0.05) is 57.5 Å². The topological polar surface area (TPSA) is 122 Å². The van der Waals surface area contributed by atoms with Gasteiger partial charge in [0.25, 0.3) is 0 Å². The molecule has 0 unspecified atom stereocenters. The van der Waals surface area contributed by atoms with Crippen molar-refractivity contribution in [3.05, 3.63) is 45.3 Å². The van der Waals surface area contributed by atoms with Crippen LogP contribution in [0, 0.1) is 11.8 Å². The third-order valence-corrected chi connectivity index (χ3v) is 10.3. The lowest BCUT2D eigenvalue weighted by molar-refractivity contribution is 0.289. The minimum atomic E-state index is -3.52. The average molecular weight is 781 g/mol. The van der Waals surface area contributed by atoms with E-state index in [9.17, 15) is 16.8 Å². The molecule has 3 N–H and O–H groups in total. The summed E-state index contributed by atoms with van der Waals surface area (Å²) in [5.41, 5.74) is 0. The van der Waals surface area contributed by atoms with Gasteiger partial charge in [-0.25, -0.2) is 26.3 Å².